The fourth-order valence-corrected chi connectivity index (χ4v) is 3.17. The van der Waals surface area contributed by atoms with E-state index in [0.29, 0.717) is 35.6 Å². The zero-order chi connectivity index (χ0) is 16.6. The average molecular weight is 298 g/mol. The fraction of sp³-hybridized carbons (Fsp3) is 0.947. The maximum Gasteiger partial charge on any atom is 0.222 e. The molecule has 3 atom stereocenters. The number of nitrogens with zero attached hydrogens (tertiary/aromatic N) is 1. The fourth-order valence-electron chi connectivity index (χ4n) is 3.17. The summed E-state index contributed by atoms with van der Waals surface area (Å²) in [5.41, 5.74) is 0.341. The first-order valence-corrected chi connectivity index (χ1v) is 9.09. The van der Waals surface area contributed by atoms with Crippen molar-refractivity contribution in [2.45, 2.75) is 93.5 Å². The molecule has 0 aromatic heterocycles. The van der Waals surface area contributed by atoms with Crippen LogP contribution >= 0.6 is 0 Å². The highest BCUT2D eigenvalue weighted by Gasteiger charge is 2.34. The molecule has 2 nitrogen and oxygen atoms in total. The van der Waals surface area contributed by atoms with Gasteiger partial charge in [-0.1, -0.05) is 67.7 Å². The van der Waals surface area contributed by atoms with Crippen molar-refractivity contribution in [2.75, 3.05) is 6.54 Å². The third kappa shape index (κ3) is 5.64. The van der Waals surface area contributed by atoms with Crippen LogP contribution in [0.15, 0.2) is 0 Å². The molecule has 0 heterocycles. The van der Waals surface area contributed by atoms with Gasteiger partial charge in [0.1, 0.15) is 0 Å². The Kier molecular flexibility index (Phi) is 9.24. The van der Waals surface area contributed by atoms with Gasteiger partial charge in [0.2, 0.25) is 5.91 Å². The van der Waals surface area contributed by atoms with Gasteiger partial charge in [-0.05, 0) is 30.6 Å². The van der Waals surface area contributed by atoms with Crippen LogP contribution in [0.2, 0.25) is 0 Å². The first-order chi connectivity index (χ1) is 9.79. The lowest BCUT2D eigenvalue weighted by Gasteiger charge is -2.42. The normalized spacial score (nSPS) is 16.4. The molecule has 126 valence electrons. The Balaban J connectivity index is 5.39. The summed E-state index contributed by atoms with van der Waals surface area (Å²) in [6.07, 6.45) is 5.30. The van der Waals surface area contributed by atoms with Crippen LogP contribution in [0.5, 0.6) is 0 Å². The van der Waals surface area contributed by atoms with E-state index in [2.05, 4.69) is 53.4 Å². The highest BCUT2D eigenvalue weighted by molar-refractivity contribution is 5.76. The Morgan fingerprint density at radius 3 is 1.90 bits per heavy atom. The van der Waals surface area contributed by atoms with E-state index in [4.69, 9.17) is 0 Å². The van der Waals surface area contributed by atoms with Crippen LogP contribution in [0.25, 0.3) is 0 Å². The van der Waals surface area contributed by atoms with Crippen LogP contribution in [0.4, 0.5) is 0 Å². The van der Waals surface area contributed by atoms with Crippen LogP contribution in [-0.4, -0.2) is 23.4 Å². The minimum Gasteiger partial charge on any atom is -0.340 e. The predicted molar refractivity (Wildman–Crippen MR) is 93.4 cm³/mol. The minimum absolute atomic E-state index is 0.312. The van der Waals surface area contributed by atoms with Crippen LogP contribution in [0, 0.1) is 17.3 Å². The van der Waals surface area contributed by atoms with Crippen LogP contribution < -0.4 is 0 Å². The molecule has 21 heavy (non-hydrogen) atoms. The van der Waals surface area contributed by atoms with Gasteiger partial charge < -0.3 is 4.90 Å². The van der Waals surface area contributed by atoms with Gasteiger partial charge in [-0.15, -0.1) is 0 Å². The van der Waals surface area contributed by atoms with E-state index in [-0.39, 0.29) is 0 Å². The van der Waals surface area contributed by atoms with Gasteiger partial charge in [-0.3, -0.25) is 4.79 Å². The van der Waals surface area contributed by atoms with Crippen molar-refractivity contribution in [3.8, 4) is 0 Å². The second-order valence-corrected chi connectivity index (χ2v) is 7.07. The molecule has 0 fully saturated rings. The number of carbonyl (C=O) groups is 1. The molecular weight excluding hydrogens is 258 g/mol. The average Bonchev–Trinajstić information content (AvgIpc) is 2.52. The Morgan fingerprint density at radius 1 is 1.05 bits per heavy atom. The van der Waals surface area contributed by atoms with Crippen molar-refractivity contribution in [3.63, 3.8) is 0 Å². The lowest BCUT2D eigenvalue weighted by Crippen LogP contribution is -2.47. The first kappa shape index (κ1) is 20.5. The van der Waals surface area contributed by atoms with Crippen molar-refractivity contribution in [3.05, 3.63) is 0 Å². The lowest BCUT2D eigenvalue weighted by molar-refractivity contribution is -0.135. The molecule has 2 heteroatoms. The Hall–Kier alpha value is -0.530. The molecule has 0 saturated heterocycles. The Labute approximate surface area is 133 Å². The SMILES string of the molecule is CCC(=O)N(CC)C(CC(C)(CC)CC)C(C)C(C)CC. The highest BCUT2D eigenvalue weighted by atomic mass is 16.2. The zero-order valence-electron chi connectivity index (χ0n) is 15.8. The van der Waals surface area contributed by atoms with E-state index in [0.717, 1.165) is 13.0 Å². The number of hydrogen-bond donors (Lipinski definition) is 0. The summed E-state index contributed by atoms with van der Waals surface area (Å²) >= 11 is 0. The van der Waals surface area contributed by atoms with Gasteiger partial charge in [0.15, 0.2) is 0 Å². The van der Waals surface area contributed by atoms with E-state index in [1.54, 1.807) is 0 Å². The molecule has 0 spiro atoms. The number of rotatable bonds is 10. The summed E-state index contributed by atoms with van der Waals surface area (Å²) in [6, 6.07) is 0.377. The highest BCUT2D eigenvalue weighted by Crippen LogP contribution is 2.37. The first-order valence-electron chi connectivity index (χ1n) is 9.09. The van der Waals surface area contributed by atoms with Crippen molar-refractivity contribution in [1.82, 2.24) is 4.90 Å². The van der Waals surface area contributed by atoms with Crippen LogP contribution in [-0.2, 0) is 4.79 Å². The molecule has 0 aliphatic carbocycles. The molecule has 0 bridgehead atoms. The second kappa shape index (κ2) is 9.48. The van der Waals surface area contributed by atoms with Crippen molar-refractivity contribution in [2.24, 2.45) is 17.3 Å². The monoisotopic (exact) mass is 297 g/mol. The number of carbonyl (C=O) groups excluding carboxylic acids is 1. The molecular formula is C19H39NO. The molecule has 0 aromatic carbocycles. The summed E-state index contributed by atoms with van der Waals surface area (Å²) in [5, 5.41) is 0. The minimum atomic E-state index is 0.312. The smallest absolute Gasteiger partial charge is 0.222 e. The molecule has 0 saturated carbocycles. The Morgan fingerprint density at radius 2 is 1.57 bits per heavy atom. The lowest BCUT2D eigenvalue weighted by atomic mass is 9.73. The van der Waals surface area contributed by atoms with Gasteiger partial charge in [-0.2, -0.15) is 0 Å². The van der Waals surface area contributed by atoms with Crippen LogP contribution in [0.1, 0.15) is 87.5 Å². The van der Waals surface area contributed by atoms with Gasteiger partial charge in [-0.25, -0.2) is 0 Å². The predicted octanol–water partition coefficient (Wildman–Crippen LogP) is 5.51. The van der Waals surface area contributed by atoms with Crippen molar-refractivity contribution in [1.29, 1.82) is 0 Å². The number of hydrogen-bond acceptors (Lipinski definition) is 1. The maximum absolute atomic E-state index is 12.4. The van der Waals surface area contributed by atoms with Gasteiger partial charge in [0.05, 0.1) is 0 Å². The topological polar surface area (TPSA) is 20.3 Å². The number of amides is 1. The van der Waals surface area contributed by atoms with Gasteiger partial charge >= 0.3 is 0 Å². The molecule has 0 radical (unpaired) electrons. The van der Waals surface area contributed by atoms with Crippen LogP contribution in [0.3, 0.4) is 0 Å². The van der Waals surface area contributed by atoms with E-state index >= 15 is 0 Å². The van der Waals surface area contributed by atoms with Crippen molar-refractivity contribution >= 4 is 5.91 Å². The standard InChI is InChI=1S/C19H39NO/c1-9-15(6)16(7)17(14-19(8,11-3)12-4)20(13-5)18(21)10-2/h15-17H,9-14H2,1-8H3. The summed E-state index contributed by atoms with van der Waals surface area (Å²) in [4.78, 5) is 14.5. The third-order valence-electron chi connectivity index (χ3n) is 5.92. The summed E-state index contributed by atoms with van der Waals surface area (Å²) in [6.45, 7) is 18.8. The quantitative estimate of drug-likeness (QED) is 0.520. The van der Waals surface area contributed by atoms with Crippen molar-refractivity contribution < 1.29 is 4.79 Å². The summed E-state index contributed by atoms with van der Waals surface area (Å²) in [5.74, 6) is 1.53. The zero-order valence-corrected chi connectivity index (χ0v) is 15.8. The maximum atomic E-state index is 12.4. The molecule has 0 N–H and O–H groups in total. The Bertz CT molecular complexity index is 296. The second-order valence-electron chi connectivity index (χ2n) is 7.07. The van der Waals surface area contributed by atoms with E-state index in [1.165, 1.54) is 19.3 Å². The molecule has 0 rings (SSSR count). The molecule has 0 aliphatic heterocycles. The molecule has 0 aromatic rings. The van der Waals surface area contributed by atoms with Gasteiger partial charge in [0.25, 0.3) is 0 Å². The summed E-state index contributed by atoms with van der Waals surface area (Å²) < 4.78 is 0. The molecule has 0 aliphatic rings. The molecule has 3 unspecified atom stereocenters. The summed E-state index contributed by atoms with van der Waals surface area (Å²) in [7, 11) is 0. The van der Waals surface area contributed by atoms with Gasteiger partial charge in [0, 0.05) is 19.0 Å². The van der Waals surface area contributed by atoms with E-state index < -0.39 is 0 Å². The third-order valence-corrected chi connectivity index (χ3v) is 5.92. The van der Waals surface area contributed by atoms with E-state index in [9.17, 15) is 4.79 Å². The largest absolute Gasteiger partial charge is 0.340 e. The van der Waals surface area contributed by atoms with E-state index in [1.807, 2.05) is 6.92 Å². The molecule has 1 amide bonds.